The molecule has 0 spiro atoms. The SMILES string of the molecule is c1ccc(OCNN2CCCCC2)cc1. The number of hydrazine groups is 1. The lowest BCUT2D eigenvalue weighted by molar-refractivity contribution is 0.102. The fourth-order valence-corrected chi connectivity index (χ4v) is 1.78. The van der Waals surface area contributed by atoms with Gasteiger partial charge >= 0.3 is 0 Å². The van der Waals surface area contributed by atoms with E-state index < -0.39 is 0 Å². The molecule has 15 heavy (non-hydrogen) atoms. The van der Waals surface area contributed by atoms with Gasteiger partial charge in [-0.25, -0.2) is 10.4 Å². The Morgan fingerprint density at radius 1 is 1.07 bits per heavy atom. The van der Waals surface area contributed by atoms with Crippen LogP contribution in [0.3, 0.4) is 0 Å². The molecule has 0 aliphatic carbocycles. The van der Waals surface area contributed by atoms with Crippen molar-refractivity contribution >= 4 is 0 Å². The lowest BCUT2D eigenvalue weighted by Gasteiger charge is -2.26. The van der Waals surface area contributed by atoms with Gasteiger partial charge in [0.15, 0.2) is 6.73 Å². The largest absolute Gasteiger partial charge is 0.477 e. The Kier molecular flexibility index (Phi) is 4.00. The first-order valence-corrected chi connectivity index (χ1v) is 5.61. The van der Waals surface area contributed by atoms with Crippen LogP contribution in [0.4, 0.5) is 0 Å². The Morgan fingerprint density at radius 3 is 2.53 bits per heavy atom. The van der Waals surface area contributed by atoms with Gasteiger partial charge < -0.3 is 4.74 Å². The van der Waals surface area contributed by atoms with E-state index in [1.54, 1.807) is 0 Å². The first kappa shape index (κ1) is 10.5. The smallest absolute Gasteiger partial charge is 0.152 e. The minimum Gasteiger partial charge on any atom is -0.477 e. The molecule has 2 rings (SSSR count). The molecule has 0 amide bonds. The van der Waals surface area contributed by atoms with E-state index >= 15 is 0 Å². The maximum Gasteiger partial charge on any atom is 0.152 e. The topological polar surface area (TPSA) is 24.5 Å². The molecular weight excluding hydrogens is 188 g/mol. The molecule has 0 radical (unpaired) electrons. The zero-order valence-electron chi connectivity index (χ0n) is 8.98. The average Bonchev–Trinajstić information content (AvgIpc) is 2.32. The van der Waals surface area contributed by atoms with E-state index in [4.69, 9.17) is 4.74 Å². The van der Waals surface area contributed by atoms with E-state index in [0.29, 0.717) is 6.73 Å². The summed E-state index contributed by atoms with van der Waals surface area (Å²) in [6.45, 7) is 2.83. The normalized spacial score (nSPS) is 17.6. The molecule has 0 bridgehead atoms. The van der Waals surface area contributed by atoms with Gasteiger partial charge in [0.05, 0.1) is 0 Å². The van der Waals surface area contributed by atoms with Crippen LogP contribution in [0, 0.1) is 0 Å². The predicted octanol–water partition coefficient (Wildman–Crippen LogP) is 2.01. The first-order valence-electron chi connectivity index (χ1n) is 5.61. The Bertz CT molecular complexity index is 270. The summed E-state index contributed by atoms with van der Waals surface area (Å²) < 4.78 is 5.56. The van der Waals surface area contributed by atoms with Gasteiger partial charge in [0.2, 0.25) is 0 Å². The molecule has 1 aromatic rings. The van der Waals surface area contributed by atoms with Gasteiger partial charge in [0, 0.05) is 13.1 Å². The highest BCUT2D eigenvalue weighted by molar-refractivity contribution is 5.20. The number of hydrogen-bond donors (Lipinski definition) is 1. The molecular formula is C12H18N2O. The van der Waals surface area contributed by atoms with Crippen molar-refractivity contribution in [1.82, 2.24) is 10.4 Å². The lowest BCUT2D eigenvalue weighted by atomic mass is 10.2. The van der Waals surface area contributed by atoms with Gasteiger partial charge in [-0.3, -0.25) is 0 Å². The van der Waals surface area contributed by atoms with Crippen LogP contribution in [-0.2, 0) is 0 Å². The molecule has 1 fully saturated rings. The van der Waals surface area contributed by atoms with E-state index in [9.17, 15) is 0 Å². The van der Waals surface area contributed by atoms with E-state index in [-0.39, 0.29) is 0 Å². The molecule has 1 aliphatic rings. The Hall–Kier alpha value is -1.06. The van der Waals surface area contributed by atoms with Crippen LogP contribution in [0.2, 0.25) is 0 Å². The molecule has 0 aromatic heterocycles. The number of hydrogen-bond acceptors (Lipinski definition) is 3. The van der Waals surface area contributed by atoms with Crippen molar-refractivity contribution < 1.29 is 4.74 Å². The molecule has 0 unspecified atom stereocenters. The van der Waals surface area contributed by atoms with E-state index in [1.165, 1.54) is 19.3 Å². The van der Waals surface area contributed by atoms with Gasteiger partial charge in [0.25, 0.3) is 0 Å². The predicted molar refractivity (Wildman–Crippen MR) is 60.5 cm³/mol. The van der Waals surface area contributed by atoms with E-state index in [0.717, 1.165) is 18.8 Å². The molecule has 0 atom stereocenters. The standard InChI is InChI=1S/C12H18N2O/c1-3-7-12(8-4-1)15-11-13-14-9-5-2-6-10-14/h1,3-4,7-8,13H,2,5-6,9-11H2. The van der Waals surface area contributed by atoms with Gasteiger partial charge in [-0.05, 0) is 25.0 Å². The summed E-state index contributed by atoms with van der Waals surface area (Å²) in [5, 5.41) is 2.24. The third-order valence-corrected chi connectivity index (χ3v) is 2.63. The zero-order chi connectivity index (χ0) is 10.3. The summed E-state index contributed by atoms with van der Waals surface area (Å²) in [6, 6.07) is 9.90. The number of benzene rings is 1. The van der Waals surface area contributed by atoms with Crippen molar-refractivity contribution in [2.75, 3.05) is 19.8 Å². The van der Waals surface area contributed by atoms with Gasteiger partial charge in [-0.1, -0.05) is 24.6 Å². The Labute approximate surface area is 91.0 Å². The van der Waals surface area contributed by atoms with E-state index in [1.807, 2.05) is 30.3 Å². The number of ether oxygens (including phenoxy) is 1. The summed E-state index contributed by atoms with van der Waals surface area (Å²) in [5.41, 5.74) is 3.28. The van der Waals surface area contributed by atoms with Crippen molar-refractivity contribution in [3.05, 3.63) is 30.3 Å². The fraction of sp³-hybridized carbons (Fsp3) is 0.500. The second-order valence-corrected chi connectivity index (χ2v) is 3.81. The molecule has 0 saturated carbocycles. The highest BCUT2D eigenvalue weighted by Gasteiger charge is 2.08. The Morgan fingerprint density at radius 2 is 1.80 bits per heavy atom. The maximum absolute atomic E-state index is 5.56. The highest BCUT2D eigenvalue weighted by Crippen LogP contribution is 2.08. The van der Waals surface area contributed by atoms with Crippen molar-refractivity contribution in [2.24, 2.45) is 0 Å². The number of nitrogens with one attached hydrogen (secondary N) is 1. The summed E-state index contributed by atoms with van der Waals surface area (Å²) in [7, 11) is 0. The van der Waals surface area contributed by atoms with Crippen LogP contribution in [0.1, 0.15) is 19.3 Å². The minimum absolute atomic E-state index is 0.560. The quantitative estimate of drug-likeness (QED) is 0.763. The maximum atomic E-state index is 5.56. The third-order valence-electron chi connectivity index (χ3n) is 2.63. The number of para-hydroxylation sites is 1. The Balaban J connectivity index is 1.66. The van der Waals surface area contributed by atoms with Crippen LogP contribution < -0.4 is 10.2 Å². The third kappa shape index (κ3) is 3.53. The molecule has 1 aromatic carbocycles. The van der Waals surface area contributed by atoms with E-state index in [2.05, 4.69) is 10.4 Å². The summed E-state index contributed by atoms with van der Waals surface area (Å²) >= 11 is 0. The zero-order valence-corrected chi connectivity index (χ0v) is 8.98. The number of piperidine rings is 1. The van der Waals surface area contributed by atoms with Crippen molar-refractivity contribution in [1.29, 1.82) is 0 Å². The number of nitrogens with zero attached hydrogens (tertiary/aromatic N) is 1. The molecule has 3 nitrogen and oxygen atoms in total. The van der Waals surface area contributed by atoms with Crippen molar-refractivity contribution in [2.45, 2.75) is 19.3 Å². The van der Waals surface area contributed by atoms with Crippen LogP contribution in [0.25, 0.3) is 0 Å². The summed E-state index contributed by atoms with van der Waals surface area (Å²) in [5.74, 6) is 0.919. The second kappa shape index (κ2) is 5.73. The molecule has 1 saturated heterocycles. The van der Waals surface area contributed by atoms with Crippen molar-refractivity contribution in [3.63, 3.8) is 0 Å². The van der Waals surface area contributed by atoms with Crippen LogP contribution in [0.5, 0.6) is 5.75 Å². The van der Waals surface area contributed by atoms with Crippen LogP contribution >= 0.6 is 0 Å². The van der Waals surface area contributed by atoms with Crippen LogP contribution in [0.15, 0.2) is 30.3 Å². The first-order chi connectivity index (χ1) is 7.45. The summed E-state index contributed by atoms with van der Waals surface area (Å²) in [6.07, 6.45) is 3.94. The molecule has 1 N–H and O–H groups in total. The molecule has 1 heterocycles. The second-order valence-electron chi connectivity index (χ2n) is 3.81. The lowest BCUT2D eigenvalue weighted by Crippen LogP contribution is -2.43. The average molecular weight is 206 g/mol. The molecule has 82 valence electrons. The number of rotatable bonds is 4. The molecule has 3 heteroatoms. The minimum atomic E-state index is 0.560. The van der Waals surface area contributed by atoms with Crippen molar-refractivity contribution in [3.8, 4) is 5.75 Å². The fourth-order valence-electron chi connectivity index (χ4n) is 1.78. The monoisotopic (exact) mass is 206 g/mol. The summed E-state index contributed by atoms with van der Waals surface area (Å²) in [4.78, 5) is 0. The van der Waals surface area contributed by atoms with Gasteiger partial charge in [-0.2, -0.15) is 0 Å². The van der Waals surface area contributed by atoms with Gasteiger partial charge in [0.1, 0.15) is 5.75 Å². The van der Waals surface area contributed by atoms with Crippen LogP contribution in [-0.4, -0.2) is 24.8 Å². The highest BCUT2D eigenvalue weighted by atomic mass is 16.5. The van der Waals surface area contributed by atoms with Gasteiger partial charge in [-0.15, -0.1) is 0 Å². The molecule has 1 aliphatic heterocycles.